The average Bonchev–Trinajstić information content (AvgIpc) is 1.33. The number of carbonyl (C=O) groups excluding carboxylic acids is 11. The molecule has 522 valence electrons. The number of imide groups is 1. The van der Waals surface area contributed by atoms with E-state index in [0.29, 0.717) is 61.9 Å². The summed E-state index contributed by atoms with van der Waals surface area (Å²) < 4.78 is 17.7. The standard InChI is InChI=1S/C68H105N11O15/c1-15-43(8)59(51(92-13)38-55(83)78-37-23-27-50(78)61(93-14)44(9)62(85)71-45(10)60(84)47-24-18-16-19-25-47)76(11)66(89)57(41(4)5)75-65(88)58(42(6)7)77(12)68(91)94-39-46-29-31-48(32-30-46)72-63(86)49(26-22-35-70-67(69)90)73-64(87)56(40(2)3)74-52(80)28-20-17-21-36-79-53(81)33-34-54(79)82/h16,18-19,24-25,29-34,40-45,49-51,56-61,84H,15,17,20-23,26-28,35-39H2,1-14H3,(H,71,85)(H,72,86)(H,73,87)(H,74,80)(H,75,88)(H3,69,70,90)/t43-,44+,45+,49?,50-,51?,56?,57?,58?,59?,60+,61?/m0/s1. The number of methoxy groups -OCH3 is 2. The summed E-state index contributed by atoms with van der Waals surface area (Å²) in [6.45, 7) is 18.6. The number of carbonyl (C=O) groups is 11. The highest BCUT2D eigenvalue weighted by Gasteiger charge is 2.44. The lowest BCUT2D eigenvalue weighted by Crippen LogP contribution is -2.60. The highest BCUT2D eigenvalue weighted by atomic mass is 16.6. The third-order valence-corrected chi connectivity index (χ3v) is 17.7. The van der Waals surface area contributed by atoms with E-state index in [1.807, 2.05) is 32.0 Å². The quantitative estimate of drug-likeness (QED) is 0.0321. The third-order valence-electron chi connectivity index (χ3n) is 17.7. The molecule has 0 saturated carbocycles. The molecule has 2 aromatic rings. The van der Waals surface area contributed by atoms with Crippen molar-refractivity contribution in [3.63, 3.8) is 0 Å². The predicted octanol–water partition coefficient (Wildman–Crippen LogP) is 5.08. The van der Waals surface area contributed by atoms with E-state index in [1.54, 1.807) is 109 Å². The first-order chi connectivity index (χ1) is 44.5. The van der Waals surface area contributed by atoms with Crippen LogP contribution in [-0.2, 0) is 64.0 Å². The highest BCUT2D eigenvalue weighted by molar-refractivity contribution is 6.12. The van der Waals surface area contributed by atoms with Crippen LogP contribution in [0.3, 0.4) is 0 Å². The van der Waals surface area contributed by atoms with Gasteiger partial charge in [0.1, 0.15) is 30.8 Å². The van der Waals surface area contributed by atoms with E-state index in [4.69, 9.17) is 19.9 Å². The summed E-state index contributed by atoms with van der Waals surface area (Å²) in [7, 11) is 6.08. The molecule has 0 aromatic heterocycles. The minimum atomic E-state index is -1.11. The van der Waals surface area contributed by atoms with Gasteiger partial charge in [0.05, 0.1) is 48.8 Å². The third kappa shape index (κ3) is 22.9. The molecule has 0 bridgehead atoms. The number of ether oxygens (including phenoxy) is 3. The number of benzene rings is 2. The molecule has 1 fully saturated rings. The van der Waals surface area contributed by atoms with Gasteiger partial charge in [-0.05, 0) is 92.4 Å². The Morgan fingerprint density at radius 2 is 1.35 bits per heavy atom. The SMILES string of the molecule is CC[C@H](C)C(C(CC(=O)N1CCC[C@H]1C(OC)[C@@H](C)C(=O)N[C@H](C)[C@@H](O)c1ccccc1)OC)N(C)C(=O)C(NC(=O)C(C(C)C)N(C)C(=O)OCc1ccc(NC(=O)C(CCCNC(N)=O)NC(=O)C(NC(=O)CCCCCN2C(=O)C=CC2=O)C(C)C)cc1)C(C)C. The van der Waals surface area contributed by atoms with Crippen LogP contribution in [0.4, 0.5) is 15.3 Å². The first-order valence-corrected chi connectivity index (χ1v) is 32.9. The summed E-state index contributed by atoms with van der Waals surface area (Å²) in [5, 5.41) is 27.6. The molecule has 2 aliphatic heterocycles. The van der Waals surface area contributed by atoms with Crippen LogP contribution in [0.1, 0.15) is 151 Å². The number of likely N-dealkylation sites (N-methyl/N-ethyl adjacent to an activating group) is 2. The molecule has 2 heterocycles. The summed E-state index contributed by atoms with van der Waals surface area (Å²) in [5.41, 5.74) is 6.77. The molecule has 7 unspecified atom stereocenters. The normalized spacial score (nSPS) is 17.4. The molecule has 26 nitrogen and oxygen atoms in total. The van der Waals surface area contributed by atoms with E-state index in [9.17, 15) is 57.8 Å². The van der Waals surface area contributed by atoms with Gasteiger partial charge in [0.2, 0.25) is 41.4 Å². The first-order valence-electron chi connectivity index (χ1n) is 32.9. The van der Waals surface area contributed by atoms with Crippen LogP contribution >= 0.6 is 0 Å². The molecule has 12 amide bonds. The number of nitrogens with zero attached hydrogens (tertiary/aromatic N) is 4. The Morgan fingerprint density at radius 1 is 0.713 bits per heavy atom. The molecular formula is C68H105N11O15. The number of nitrogens with one attached hydrogen (secondary N) is 6. The summed E-state index contributed by atoms with van der Waals surface area (Å²) in [6, 6.07) is 8.74. The van der Waals surface area contributed by atoms with Gasteiger partial charge >= 0.3 is 12.1 Å². The Bertz CT molecular complexity index is 2880. The van der Waals surface area contributed by atoms with Gasteiger partial charge in [-0.15, -0.1) is 0 Å². The molecule has 26 heteroatoms. The van der Waals surface area contributed by atoms with Crippen molar-refractivity contribution in [1.29, 1.82) is 0 Å². The average molecular weight is 1320 g/mol. The molecular weight excluding hydrogens is 1210 g/mol. The largest absolute Gasteiger partial charge is 0.445 e. The molecule has 94 heavy (non-hydrogen) atoms. The van der Waals surface area contributed by atoms with Crippen LogP contribution < -0.4 is 37.6 Å². The molecule has 0 spiro atoms. The van der Waals surface area contributed by atoms with E-state index in [2.05, 4.69) is 31.9 Å². The predicted molar refractivity (Wildman–Crippen MR) is 353 cm³/mol. The van der Waals surface area contributed by atoms with Crippen molar-refractivity contribution in [2.75, 3.05) is 53.3 Å². The van der Waals surface area contributed by atoms with Crippen LogP contribution in [0.5, 0.6) is 0 Å². The van der Waals surface area contributed by atoms with Crippen LogP contribution in [0.25, 0.3) is 0 Å². The Balaban J connectivity index is 1.37. The minimum Gasteiger partial charge on any atom is -0.445 e. The molecule has 12 atom stereocenters. The minimum absolute atomic E-state index is 0.0841. The second-order valence-electron chi connectivity index (χ2n) is 25.8. The molecule has 0 radical (unpaired) electrons. The topological polar surface area (TPSA) is 347 Å². The number of hydrogen-bond donors (Lipinski definition) is 8. The second-order valence-corrected chi connectivity index (χ2v) is 25.8. The number of unbranched alkanes of at least 4 members (excludes halogenated alkanes) is 2. The van der Waals surface area contributed by atoms with Gasteiger partial charge in [0, 0.05) is 72.2 Å². The van der Waals surface area contributed by atoms with Crippen LogP contribution in [0, 0.1) is 29.6 Å². The van der Waals surface area contributed by atoms with Crippen molar-refractivity contribution in [3.8, 4) is 0 Å². The summed E-state index contributed by atoms with van der Waals surface area (Å²) in [4.78, 5) is 152. The summed E-state index contributed by atoms with van der Waals surface area (Å²) in [6.07, 6.45) is 2.94. The van der Waals surface area contributed by atoms with E-state index in [0.717, 1.165) is 4.90 Å². The summed E-state index contributed by atoms with van der Waals surface area (Å²) >= 11 is 0. The van der Waals surface area contributed by atoms with Gasteiger partial charge in [-0.3, -0.25) is 53.0 Å². The van der Waals surface area contributed by atoms with Gasteiger partial charge in [-0.1, -0.05) is 118 Å². The van der Waals surface area contributed by atoms with Crippen molar-refractivity contribution in [1.82, 2.24) is 46.2 Å². The Hall–Kier alpha value is -7.97. The van der Waals surface area contributed by atoms with Crippen LogP contribution in [-0.4, -0.2) is 192 Å². The van der Waals surface area contributed by atoms with E-state index >= 15 is 0 Å². The summed E-state index contributed by atoms with van der Waals surface area (Å²) in [5.74, 6) is -6.02. The van der Waals surface area contributed by atoms with Gasteiger partial charge in [0.15, 0.2) is 0 Å². The van der Waals surface area contributed by atoms with Gasteiger partial charge in [0.25, 0.3) is 11.8 Å². The van der Waals surface area contributed by atoms with Gasteiger partial charge in [-0.2, -0.15) is 0 Å². The number of rotatable bonds is 38. The number of hydrogen-bond acceptors (Lipinski definition) is 15. The Morgan fingerprint density at radius 3 is 1.93 bits per heavy atom. The fourth-order valence-corrected chi connectivity index (χ4v) is 12.1. The monoisotopic (exact) mass is 1320 g/mol. The van der Waals surface area contributed by atoms with E-state index < -0.39 is 114 Å². The van der Waals surface area contributed by atoms with Crippen LogP contribution in [0.15, 0.2) is 66.7 Å². The smallest absolute Gasteiger partial charge is 0.410 e. The van der Waals surface area contributed by atoms with Crippen LogP contribution in [0.2, 0.25) is 0 Å². The molecule has 0 aliphatic carbocycles. The zero-order chi connectivity index (χ0) is 70.1. The number of anilines is 1. The zero-order valence-electron chi connectivity index (χ0n) is 57.4. The lowest BCUT2D eigenvalue weighted by Gasteiger charge is -2.41. The van der Waals surface area contributed by atoms with Crippen molar-refractivity contribution >= 4 is 71.0 Å². The fraction of sp³-hybridized carbons (Fsp3) is 0.632. The van der Waals surface area contributed by atoms with Gasteiger partial charge < -0.3 is 66.8 Å². The fourth-order valence-electron chi connectivity index (χ4n) is 12.1. The maximum Gasteiger partial charge on any atom is 0.410 e. The van der Waals surface area contributed by atoms with E-state index in [-0.39, 0.29) is 86.8 Å². The number of likely N-dealkylation sites (tertiary alicyclic amines) is 1. The lowest BCUT2D eigenvalue weighted by molar-refractivity contribution is -0.148. The number of urea groups is 1. The molecule has 4 rings (SSSR count). The maximum absolute atomic E-state index is 14.8. The Kier molecular flexibility index (Phi) is 32.1. The van der Waals surface area contributed by atoms with Crippen molar-refractivity contribution in [3.05, 3.63) is 77.9 Å². The second kappa shape index (κ2) is 38.4. The van der Waals surface area contributed by atoms with Crippen molar-refractivity contribution < 1.29 is 72.1 Å². The number of aliphatic hydroxyl groups is 1. The number of nitrogens with two attached hydrogens (primary N) is 1. The van der Waals surface area contributed by atoms with Gasteiger partial charge in [-0.25, -0.2) is 9.59 Å². The molecule has 2 aromatic carbocycles. The lowest BCUT2D eigenvalue weighted by atomic mass is 9.89. The molecule has 2 aliphatic rings. The van der Waals surface area contributed by atoms with E-state index in [1.165, 1.54) is 38.3 Å². The number of amides is 12. The zero-order valence-corrected chi connectivity index (χ0v) is 57.4. The van der Waals surface area contributed by atoms with Crippen molar-refractivity contribution in [2.45, 2.75) is 201 Å². The first kappa shape index (κ1) is 78.5. The Labute approximate surface area is 554 Å². The maximum atomic E-state index is 14.8. The molecule has 9 N–H and O–H groups in total. The number of primary amides is 1. The highest BCUT2D eigenvalue weighted by Crippen LogP contribution is 2.31. The number of aliphatic hydroxyl groups excluding tert-OH is 1. The molecule has 1 saturated heterocycles. The van der Waals surface area contributed by atoms with Crippen molar-refractivity contribution in [2.24, 2.45) is 35.3 Å².